The van der Waals surface area contributed by atoms with E-state index in [2.05, 4.69) is 46.9 Å². The number of likely N-dealkylation sites (N-methyl/N-ethyl adjacent to an activating group) is 1. The van der Waals surface area contributed by atoms with Gasteiger partial charge in [0.25, 0.3) is 11.8 Å². The molecule has 0 aliphatic heterocycles. The van der Waals surface area contributed by atoms with Crippen LogP contribution in [0.4, 0.5) is 17.2 Å². The molecule has 3 aromatic rings. The number of carbonyl (C=O) groups is 3. The number of methoxy groups -OCH3 is 1. The van der Waals surface area contributed by atoms with E-state index < -0.39 is 11.1 Å². The van der Waals surface area contributed by atoms with Crippen LogP contribution >= 0.6 is 0 Å². The van der Waals surface area contributed by atoms with Crippen LogP contribution in [0.15, 0.2) is 28.8 Å². The van der Waals surface area contributed by atoms with Gasteiger partial charge in [-0.3, -0.25) is 14.4 Å². The van der Waals surface area contributed by atoms with Crippen molar-refractivity contribution in [1.29, 1.82) is 0 Å². The van der Waals surface area contributed by atoms with Crippen LogP contribution in [-0.2, 0) is 16.1 Å². The van der Waals surface area contributed by atoms with Gasteiger partial charge >= 0.3 is 0 Å². The lowest BCUT2D eigenvalue weighted by Crippen LogP contribution is -2.50. The SMILES string of the molecule is BC(B)(B)NC(=O)c1nnc(NC(=O)C2CC2)cc1Nc1cccc(-c2nc(CNC(=O)CNC)no2)c1OC. The zero-order valence-electron chi connectivity index (χ0n) is 23.0. The van der Waals surface area contributed by atoms with E-state index >= 15 is 0 Å². The number of hydrogen-bond acceptors (Lipinski definition) is 11. The number of rotatable bonds is 12. The van der Waals surface area contributed by atoms with Gasteiger partial charge in [0.15, 0.2) is 23.1 Å². The second-order valence-corrected chi connectivity index (χ2v) is 10.3. The van der Waals surface area contributed by atoms with Gasteiger partial charge in [0.2, 0.25) is 11.8 Å². The summed E-state index contributed by atoms with van der Waals surface area (Å²) in [6, 6.07) is 6.78. The molecule has 0 atom stereocenters. The minimum atomic E-state index is -0.519. The molecule has 5 N–H and O–H groups in total. The van der Waals surface area contributed by atoms with Crippen LogP contribution in [0.1, 0.15) is 29.2 Å². The fourth-order valence-electron chi connectivity index (χ4n) is 3.69. The lowest BCUT2D eigenvalue weighted by molar-refractivity contribution is -0.120. The molecule has 206 valence electrons. The van der Waals surface area contributed by atoms with Crippen molar-refractivity contribution < 1.29 is 23.6 Å². The van der Waals surface area contributed by atoms with Gasteiger partial charge in [-0.15, -0.1) is 10.2 Å². The maximum Gasteiger partial charge on any atom is 0.272 e. The minimum absolute atomic E-state index is 0.0317. The Bertz CT molecular complexity index is 1410. The zero-order chi connectivity index (χ0) is 28.9. The van der Waals surface area contributed by atoms with Crippen LogP contribution in [0.2, 0.25) is 0 Å². The predicted molar refractivity (Wildman–Crippen MR) is 155 cm³/mol. The number of nitrogens with one attached hydrogen (secondary N) is 5. The van der Waals surface area contributed by atoms with Crippen molar-refractivity contribution in [2.75, 3.05) is 31.3 Å². The normalized spacial score (nSPS) is 12.8. The molecule has 1 saturated carbocycles. The van der Waals surface area contributed by atoms with Crippen molar-refractivity contribution in [2.45, 2.75) is 24.6 Å². The third-order valence-corrected chi connectivity index (χ3v) is 5.66. The second-order valence-electron chi connectivity index (χ2n) is 10.3. The van der Waals surface area contributed by atoms with Gasteiger partial charge in [-0.1, -0.05) is 11.2 Å². The first-order valence-electron chi connectivity index (χ1n) is 12.8. The maximum absolute atomic E-state index is 13.1. The molecule has 17 heteroatoms. The molecule has 1 fully saturated rings. The first-order chi connectivity index (χ1) is 19.1. The first-order valence-corrected chi connectivity index (χ1v) is 12.8. The molecule has 1 aliphatic carbocycles. The third-order valence-electron chi connectivity index (χ3n) is 5.66. The Hall–Kier alpha value is -4.40. The number of para-hydroxylation sites is 1. The molecule has 40 heavy (non-hydrogen) atoms. The fourth-order valence-corrected chi connectivity index (χ4v) is 3.69. The van der Waals surface area contributed by atoms with E-state index in [4.69, 9.17) is 9.26 Å². The molecule has 14 nitrogen and oxygen atoms in total. The van der Waals surface area contributed by atoms with E-state index in [-0.39, 0.29) is 54.0 Å². The third kappa shape index (κ3) is 7.37. The Morgan fingerprint density at radius 3 is 2.60 bits per heavy atom. The molecule has 4 rings (SSSR count). The summed E-state index contributed by atoms with van der Waals surface area (Å²) in [4.78, 5) is 41.5. The van der Waals surface area contributed by atoms with Gasteiger partial charge in [-0.2, -0.15) is 4.98 Å². The van der Waals surface area contributed by atoms with Crippen LogP contribution in [0.25, 0.3) is 11.5 Å². The van der Waals surface area contributed by atoms with E-state index in [9.17, 15) is 14.4 Å². The Morgan fingerprint density at radius 1 is 1.15 bits per heavy atom. The van der Waals surface area contributed by atoms with Crippen molar-refractivity contribution in [2.24, 2.45) is 5.92 Å². The van der Waals surface area contributed by atoms with Crippen molar-refractivity contribution >= 4 is 58.5 Å². The molecule has 0 unspecified atom stereocenters. The Kier molecular flexibility index (Phi) is 8.72. The van der Waals surface area contributed by atoms with E-state index in [1.807, 2.05) is 23.5 Å². The van der Waals surface area contributed by atoms with Crippen molar-refractivity contribution in [3.63, 3.8) is 0 Å². The summed E-state index contributed by atoms with van der Waals surface area (Å²) < 4.78 is 11.1. The number of amides is 3. The topological polar surface area (TPSA) is 185 Å². The summed E-state index contributed by atoms with van der Waals surface area (Å²) >= 11 is 0. The maximum atomic E-state index is 13.1. The van der Waals surface area contributed by atoms with Gasteiger partial charge in [-0.05, 0) is 37.3 Å². The van der Waals surface area contributed by atoms with Crippen LogP contribution in [0, 0.1) is 5.92 Å². The fraction of sp³-hybridized carbons (Fsp3) is 0.348. The Labute approximate surface area is 233 Å². The molecular weight excluding hydrogens is 515 g/mol. The summed E-state index contributed by atoms with van der Waals surface area (Å²) in [6.07, 6.45) is 1.67. The monoisotopic (exact) mass is 545 g/mol. The molecule has 2 aromatic heterocycles. The lowest BCUT2D eigenvalue weighted by atomic mass is 9.49. The van der Waals surface area contributed by atoms with Gasteiger partial charge in [0.1, 0.15) is 23.5 Å². The highest BCUT2D eigenvalue weighted by atomic mass is 16.5. The summed E-state index contributed by atoms with van der Waals surface area (Å²) in [5.74, 6) is 0.214. The summed E-state index contributed by atoms with van der Waals surface area (Å²) in [6.45, 7) is 0.256. The number of hydrogen-bond donors (Lipinski definition) is 5. The van der Waals surface area contributed by atoms with Crippen LogP contribution in [-0.4, -0.2) is 87.5 Å². The van der Waals surface area contributed by atoms with Gasteiger partial charge in [0, 0.05) is 12.0 Å². The van der Waals surface area contributed by atoms with Crippen molar-refractivity contribution in [3.05, 3.63) is 35.8 Å². The number of ether oxygens (including phenoxy) is 1. The minimum Gasteiger partial charge on any atom is -0.494 e. The largest absolute Gasteiger partial charge is 0.494 e. The van der Waals surface area contributed by atoms with E-state index in [1.54, 1.807) is 31.3 Å². The highest BCUT2D eigenvalue weighted by Gasteiger charge is 2.30. The Balaban J connectivity index is 1.64. The van der Waals surface area contributed by atoms with Gasteiger partial charge in [-0.25, -0.2) is 0 Å². The first kappa shape index (κ1) is 28.6. The van der Waals surface area contributed by atoms with Crippen molar-refractivity contribution in [3.8, 4) is 17.2 Å². The molecule has 0 bridgehead atoms. The van der Waals surface area contributed by atoms with Crippen LogP contribution < -0.4 is 31.3 Å². The van der Waals surface area contributed by atoms with Gasteiger partial charge < -0.3 is 35.8 Å². The summed E-state index contributed by atoms with van der Waals surface area (Å²) in [7, 11) is 8.72. The average molecular weight is 545 g/mol. The van der Waals surface area contributed by atoms with E-state index in [1.165, 1.54) is 7.11 Å². The number of carbonyl (C=O) groups excluding carboxylic acids is 3. The molecule has 0 spiro atoms. The molecule has 0 radical (unpaired) electrons. The summed E-state index contributed by atoms with van der Waals surface area (Å²) in [5, 5.41) is 25.9. The lowest BCUT2D eigenvalue weighted by Gasteiger charge is -2.21. The number of aromatic nitrogens is 4. The van der Waals surface area contributed by atoms with Gasteiger partial charge in [0.05, 0.1) is 37.1 Å². The molecule has 2 heterocycles. The van der Waals surface area contributed by atoms with Crippen molar-refractivity contribution in [1.82, 2.24) is 36.3 Å². The summed E-state index contributed by atoms with van der Waals surface area (Å²) in [5.41, 5.74) is 1.29. The number of nitrogens with zero attached hydrogens (tertiary/aromatic N) is 4. The number of anilines is 3. The zero-order valence-corrected chi connectivity index (χ0v) is 23.0. The van der Waals surface area contributed by atoms with Crippen LogP contribution in [0.5, 0.6) is 5.75 Å². The highest BCUT2D eigenvalue weighted by Crippen LogP contribution is 2.38. The smallest absolute Gasteiger partial charge is 0.272 e. The van der Waals surface area contributed by atoms with Crippen LogP contribution in [0.3, 0.4) is 0 Å². The Morgan fingerprint density at radius 2 is 1.93 bits per heavy atom. The molecular formula is C23H30B3N9O5. The molecule has 1 aliphatic rings. The standard InChI is InChI=1S/C23H30B3N9O5/c1-27-10-17(36)28-9-16-31-22(40-35-16)12-4-3-5-13(19(12)39-2)29-14-8-15(30-20(37)11-6-7-11)33-34-18(14)21(38)32-23(24,25)26/h3-5,8,11,27H,6-7,9-10,24-26H2,1-2H3,(H,28,36)(H,32,38)(H2,29,30,33,37). The van der Waals surface area contributed by atoms with E-state index in [0.717, 1.165) is 12.8 Å². The predicted octanol–water partition coefficient (Wildman–Crippen LogP) is -2.30. The number of benzene rings is 1. The quantitative estimate of drug-likeness (QED) is 0.154. The highest BCUT2D eigenvalue weighted by molar-refractivity contribution is 6.60. The molecule has 3 amide bonds. The molecule has 0 saturated heterocycles. The average Bonchev–Trinajstić information content (AvgIpc) is 3.64. The molecule has 1 aromatic carbocycles. The second kappa shape index (κ2) is 12.2. The van der Waals surface area contributed by atoms with E-state index in [0.29, 0.717) is 22.7 Å².